The summed E-state index contributed by atoms with van der Waals surface area (Å²) in [6.07, 6.45) is 2.13. The van der Waals surface area contributed by atoms with Crippen molar-refractivity contribution in [3.8, 4) is 0 Å². The molecule has 1 saturated heterocycles. The number of likely N-dealkylation sites (N-methyl/N-ethyl adjacent to an activating group) is 1. The van der Waals surface area contributed by atoms with Crippen molar-refractivity contribution in [3.63, 3.8) is 0 Å². The molecule has 4 nitrogen and oxygen atoms in total. The van der Waals surface area contributed by atoms with Gasteiger partial charge in [0.05, 0.1) is 6.54 Å². The first-order chi connectivity index (χ1) is 9.08. The molecular weight excluding hydrogens is 308 g/mol. The van der Waals surface area contributed by atoms with E-state index in [0.717, 1.165) is 30.4 Å². The second-order valence-corrected chi connectivity index (χ2v) is 5.68. The zero-order chi connectivity index (χ0) is 13.8. The highest BCUT2D eigenvalue weighted by atomic mass is 79.9. The van der Waals surface area contributed by atoms with Gasteiger partial charge in [-0.05, 0) is 31.0 Å². The predicted octanol–water partition coefficient (Wildman–Crippen LogP) is 2.14. The van der Waals surface area contributed by atoms with Gasteiger partial charge in [-0.1, -0.05) is 22.0 Å². The molecule has 1 heterocycles. The smallest absolute Gasteiger partial charge is 0.254 e. The monoisotopic (exact) mass is 324 g/mol. The average Bonchev–Trinajstić information content (AvgIpc) is 2.91. The van der Waals surface area contributed by atoms with Crippen molar-refractivity contribution in [1.29, 1.82) is 0 Å². The molecule has 0 unspecified atom stereocenters. The molecule has 1 aromatic rings. The highest BCUT2D eigenvalue weighted by molar-refractivity contribution is 9.10. The van der Waals surface area contributed by atoms with Gasteiger partial charge >= 0.3 is 0 Å². The average molecular weight is 325 g/mol. The number of hydrogen-bond donors (Lipinski definition) is 0. The Bertz CT molecular complexity index is 484. The third-order valence-corrected chi connectivity index (χ3v) is 3.74. The minimum Gasteiger partial charge on any atom is -0.341 e. The van der Waals surface area contributed by atoms with Crippen LogP contribution in [0.5, 0.6) is 0 Å². The maximum absolute atomic E-state index is 12.2. The third kappa shape index (κ3) is 3.56. The number of benzene rings is 1. The van der Waals surface area contributed by atoms with Gasteiger partial charge in [-0.15, -0.1) is 0 Å². The summed E-state index contributed by atoms with van der Waals surface area (Å²) in [4.78, 5) is 27.5. The lowest BCUT2D eigenvalue weighted by atomic mass is 10.2. The first-order valence-corrected chi connectivity index (χ1v) is 7.16. The van der Waals surface area contributed by atoms with Gasteiger partial charge < -0.3 is 9.80 Å². The van der Waals surface area contributed by atoms with Crippen molar-refractivity contribution in [1.82, 2.24) is 9.80 Å². The zero-order valence-electron chi connectivity index (χ0n) is 10.9. The summed E-state index contributed by atoms with van der Waals surface area (Å²) < 4.78 is 0.859. The van der Waals surface area contributed by atoms with Crippen LogP contribution in [0, 0.1) is 0 Å². The molecule has 1 aliphatic rings. The molecule has 1 aliphatic heterocycles. The molecule has 0 aromatic heterocycles. The summed E-state index contributed by atoms with van der Waals surface area (Å²) in [7, 11) is 1.66. The molecular formula is C14H17BrN2O2. The summed E-state index contributed by atoms with van der Waals surface area (Å²) in [5.74, 6) is -0.0998. The Morgan fingerprint density at radius 1 is 1.32 bits per heavy atom. The van der Waals surface area contributed by atoms with Crippen LogP contribution in [0.15, 0.2) is 28.7 Å². The van der Waals surface area contributed by atoms with E-state index in [1.807, 2.05) is 17.0 Å². The molecule has 1 fully saturated rings. The van der Waals surface area contributed by atoms with E-state index < -0.39 is 0 Å². The quantitative estimate of drug-likeness (QED) is 0.854. The number of amides is 2. The van der Waals surface area contributed by atoms with Crippen molar-refractivity contribution in [2.45, 2.75) is 12.8 Å². The van der Waals surface area contributed by atoms with Crippen LogP contribution in [0.4, 0.5) is 0 Å². The van der Waals surface area contributed by atoms with Crippen molar-refractivity contribution in [3.05, 3.63) is 34.3 Å². The lowest BCUT2D eigenvalue weighted by molar-refractivity contribution is -0.130. The Hall–Kier alpha value is -1.36. The van der Waals surface area contributed by atoms with E-state index in [4.69, 9.17) is 0 Å². The number of halogens is 1. The molecule has 19 heavy (non-hydrogen) atoms. The first kappa shape index (κ1) is 14.1. The lowest BCUT2D eigenvalue weighted by Gasteiger charge is -2.21. The molecule has 1 aromatic carbocycles. The molecule has 0 N–H and O–H groups in total. The van der Waals surface area contributed by atoms with Gasteiger partial charge in [-0.25, -0.2) is 0 Å². The van der Waals surface area contributed by atoms with Crippen LogP contribution in [0.1, 0.15) is 23.2 Å². The van der Waals surface area contributed by atoms with Crippen LogP contribution in [-0.2, 0) is 4.79 Å². The van der Waals surface area contributed by atoms with E-state index in [0.29, 0.717) is 5.56 Å². The summed E-state index contributed by atoms with van der Waals surface area (Å²) in [5, 5.41) is 0. The number of nitrogens with zero attached hydrogens (tertiary/aromatic N) is 2. The Balaban J connectivity index is 1.97. The normalized spacial score (nSPS) is 14.5. The molecule has 0 aliphatic carbocycles. The third-order valence-electron chi connectivity index (χ3n) is 3.25. The van der Waals surface area contributed by atoms with Crippen LogP contribution in [0.2, 0.25) is 0 Å². The molecule has 102 valence electrons. The zero-order valence-corrected chi connectivity index (χ0v) is 12.5. The minimum atomic E-state index is -0.131. The van der Waals surface area contributed by atoms with Crippen LogP contribution < -0.4 is 0 Å². The number of carbonyl (C=O) groups is 2. The summed E-state index contributed by atoms with van der Waals surface area (Å²) in [6.45, 7) is 1.78. The number of rotatable bonds is 3. The van der Waals surface area contributed by atoms with Crippen LogP contribution >= 0.6 is 15.9 Å². The van der Waals surface area contributed by atoms with Crippen molar-refractivity contribution in [2.24, 2.45) is 0 Å². The SMILES string of the molecule is CN(CC(=O)N1CCCC1)C(=O)c1cccc(Br)c1. The number of hydrogen-bond acceptors (Lipinski definition) is 2. The maximum Gasteiger partial charge on any atom is 0.254 e. The van der Waals surface area contributed by atoms with Gasteiger partial charge in [0.2, 0.25) is 5.91 Å². The summed E-state index contributed by atoms with van der Waals surface area (Å²) in [5.41, 5.74) is 0.589. The molecule has 0 spiro atoms. The second kappa shape index (κ2) is 6.19. The fourth-order valence-electron chi connectivity index (χ4n) is 2.18. The van der Waals surface area contributed by atoms with E-state index in [1.165, 1.54) is 4.90 Å². The molecule has 0 bridgehead atoms. The first-order valence-electron chi connectivity index (χ1n) is 6.37. The second-order valence-electron chi connectivity index (χ2n) is 4.76. The lowest BCUT2D eigenvalue weighted by Crippen LogP contribution is -2.39. The predicted molar refractivity (Wildman–Crippen MR) is 76.9 cm³/mol. The van der Waals surface area contributed by atoms with Gasteiger partial charge in [0, 0.05) is 30.2 Å². The van der Waals surface area contributed by atoms with Crippen LogP contribution in [0.25, 0.3) is 0 Å². The fourth-order valence-corrected chi connectivity index (χ4v) is 2.58. The molecule has 0 saturated carbocycles. The highest BCUT2D eigenvalue weighted by Crippen LogP contribution is 2.13. The van der Waals surface area contributed by atoms with E-state index in [2.05, 4.69) is 15.9 Å². The van der Waals surface area contributed by atoms with Crippen LogP contribution in [-0.4, -0.2) is 48.3 Å². The number of carbonyl (C=O) groups excluding carboxylic acids is 2. The van der Waals surface area contributed by atoms with Gasteiger partial charge in [0.25, 0.3) is 5.91 Å². The van der Waals surface area contributed by atoms with Crippen LogP contribution in [0.3, 0.4) is 0 Å². The summed E-state index contributed by atoms with van der Waals surface area (Å²) in [6, 6.07) is 7.20. The molecule has 0 atom stereocenters. The van der Waals surface area contributed by atoms with Crippen molar-refractivity contribution >= 4 is 27.7 Å². The highest BCUT2D eigenvalue weighted by Gasteiger charge is 2.21. The van der Waals surface area contributed by atoms with E-state index >= 15 is 0 Å². The van der Waals surface area contributed by atoms with Gasteiger partial charge in [0.1, 0.15) is 0 Å². The molecule has 2 amide bonds. The van der Waals surface area contributed by atoms with Gasteiger partial charge in [-0.3, -0.25) is 9.59 Å². The van der Waals surface area contributed by atoms with E-state index in [9.17, 15) is 9.59 Å². The van der Waals surface area contributed by atoms with Crippen molar-refractivity contribution in [2.75, 3.05) is 26.7 Å². The molecule has 5 heteroatoms. The standard InChI is InChI=1S/C14H17BrN2O2/c1-16(10-13(18)17-7-2-3-8-17)14(19)11-5-4-6-12(15)9-11/h4-6,9H,2-3,7-8,10H2,1H3. The minimum absolute atomic E-state index is 0.0309. The van der Waals surface area contributed by atoms with E-state index in [-0.39, 0.29) is 18.4 Å². The van der Waals surface area contributed by atoms with E-state index in [1.54, 1.807) is 19.2 Å². The Kier molecular flexibility index (Phi) is 4.58. The summed E-state index contributed by atoms with van der Waals surface area (Å²) >= 11 is 3.34. The Morgan fingerprint density at radius 3 is 2.63 bits per heavy atom. The fraction of sp³-hybridized carbons (Fsp3) is 0.429. The maximum atomic E-state index is 12.2. The number of likely N-dealkylation sites (tertiary alicyclic amines) is 1. The Morgan fingerprint density at radius 2 is 2.00 bits per heavy atom. The largest absolute Gasteiger partial charge is 0.341 e. The molecule has 2 rings (SSSR count). The van der Waals surface area contributed by atoms with Crippen molar-refractivity contribution < 1.29 is 9.59 Å². The Labute approximate surface area is 121 Å². The molecule has 0 radical (unpaired) electrons. The van der Waals surface area contributed by atoms with Gasteiger partial charge in [-0.2, -0.15) is 0 Å². The topological polar surface area (TPSA) is 40.6 Å². The van der Waals surface area contributed by atoms with Gasteiger partial charge in [0.15, 0.2) is 0 Å².